The van der Waals surface area contributed by atoms with E-state index in [2.05, 4.69) is 4.98 Å². The van der Waals surface area contributed by atoms with Crippen molar-refractivity contribution in [2.24, 2.45) is 0 Å². The number of rotatable bonds is 1. The minimum Gasteiger partial charge on any atom is -0.384 e. The minimum absolute atomic E-state index is 0.00852. The summed E-state index contributed by atoms with van der Waals surface area (Å²) in [7, 11) is 0. The van der Waals surface area contributed by atoms with E-state index in [1.165, 1.54) is 12.8 Å². The predicted octanol–water partition coefficient (Wildman–Crippen LogP) is 1.68. The van der Waals surface area contributed by atoms with Gasteiger partial charge in [0.25, 0.3) is 5.91 Å². The van der Waals surface area contributed by atoms with E-state index < -0.39 is 0 Å². The van der Waals surface area contributed by atoms with Crippen molar-refractivity contribution in [3.05, 3.63) is 23.9 Å². The molecule has 1 aromatic rings. The maximum atomic E-state index is 12.1. The van der Waals surface area contributed by atoms with E-state index in [-0.39, 0.29) is 5.91 Å². The molecule has 1 fully saturated rings. The van der Waals surface area contributed by atoms with Gasteiger partial charge in [-0.05, 0) is 25.0 Å². The molecule has 1 aliphatic heterocycles. The number of amides is 1. The topological polar surface area (TPSA) is 59.2 Å². The molecule has 0 atom stereocenters. The number of carbonyl (C=O) groups is 1. The Morgan fingerprint density at radius 2 is 1.88 bits per heavy atom. The van der Waals surface area contributed by atoms with Crippen molar-refractivity contribution in [2.45, 2.75) is 25.7 Å². The normalized spacial score (nSPS) is 16.9. The third-order valence-electron chi connectivity index (χ3n) is 2.88. The van der Waals surface area contributed by atoms with Gasteiger partial charge in [0.1, 0.15) is 11.5 Å². The lowest BCUT2D eigenvalue weighted by atomic mass is 10.2. The molecule has 0 aromatic carbocycles. The van der Waals surface area contributed by atoms with Gasteiger partial charge in [0.15, 0.2) is 0 Å². The highest BCUT2D eigenvalue weighted by Gasteiger charge is 2.18. The first-order valence-corrected chi connectivity index (χ1v) is 5.79. The number of hydrogen-bond donors (Lipinski definition) is 1. The number of pyridine rings is 1. The molecule has 16 heavy (non-hydrogen) atoms. The third-order valence-corrected chi connectivity index (χ3v) is 2.88. The lowest BCUT2D eigenvalue weighted by Crippen LogP contribution is -2.32. The van der Waals surface area contributed by atoms with Crippen molar-refractivity contribution >= 4 is 11.7 Å². The van der Waals surface area contributed by atoms with Gasteiger partial charge < -0.3 is 10.6 Å². The zero-order valence-electron chi connectivity index (χ0n) is 9.35. The van der Waals surface area contributed by atoms with Crippen LogP contribution in [0, 0.1) is 0 Å². The molecule has 0 aliphatic carbocycles. The molecule has 0 radical (unpaired) electrons. The summed E-state index contributed by atoms with van der Waals surface area (Å²) in [5.74, 6) is 0.412. The zero-order valence-corrected chi connectivity index (χ0v) is 9.35. The molecule has 86 valence electrons. The summed E-state index contributed by atoms with van der Waals surface area (Å²) in [6, 6.07) is 5.19. The molecule has 0 spiro atoms. The van der Waals surface area contributed by atoms with Crippen LogP contribution in [0.25, 0.3) is 0 Å². The Balaban J connectivity index is 2.11. The summed E-state index contributed by atoms with van der Waals surface area (Å²) in [6.07, 6.45) is 4.62. The van der Waals surface area contributed by atoms with Gasteiger partial charge in [-0.1, -0.05) is 18.9 Å². The highest BCUT2D eigenvalue weighted by Crippen LogP contribution is 2.12. The summed E-state index contributed by atoms with van der Waals surface area (Å²) < 4.78 is 0. The van der Waals surface area contributed by atoms with Crippen LogP contribution in [-0.4, -0.2) is 28.9 Å². The highest BCUT2D eigenvalue weighted by atomic mass is 16.2. The summed E-state index contributed by atoms with van der Waals surface area (Å²) >= 11 is 0. The number of carbonyl (C=O) groups excluding carboxylic acids is 1. The average molecular weight is 219 g/mol. The number of likely N-dealkylation sites (tertiary alicyclic amines) is 1. The van der Waals surface area contributed by atoms with Gasteiger partial charge >= 0.3 is 0 Å². The number of aromatic nitrogens is 1. The van der Waals surface area contributed by atoms with Gasteiger partial charge in [-0.2, -0.15) is 0 Å². The monoisotopic (exact) mass is 219 g/mol. The van der Waals surface area contributed by atoms with Gasteiger partial charge in [0.2, 0.25) is 0 Å². The number of nitrogens with two attached hydrogens (primary N) is 1. The van der Waals surface area contributed by atoms with Gasteiger partial charge in [0, 0.05) is 13.1 Å². The van der Waals surface area contributed by atoms with E-state index in [4.69, 9.17) is 5.73 Å². The minimum atomic E-state index is 0.00852. The smallest absolute Gasteiger partial charge is 0.272 e. The van der Waals surface area contributed by atoms with E-state index >= 15 is 0 Å². The maximum absolute atomic E-state index is 12.1. The first kappa shape index (κ1) is 10.9. The van der Waals surface area contributed by atoms with Crippen LogP contribution in [0.15, 0.2) is 18.2 Å². The maximum Gasteiger partial charge on any atom is 0.272 e. The van der Waals surface area contributed by atoms with Gasteiger partial charge in [-0.3, -0.25) is 4.79 Å². The van der Waals surface area contributed by atoms with Crippen molar-refractivity contribution < 1.29 is 4.79 Å². The molecule has 1 aliphatic rings. The summed E-state index contributed by atoms with van der Waals surface area (Å²) in [4.78, 5) is 18.1. The van der Waals surface area contributed by atoms with Crippen LogP contribution in [0.4, 0.5) is 5.82 Å². The predicted molar refractivity (Wildman–Crippen MR) is 63.0 cm³/mol. The Kier molecular flexibility index (Phi) is 3.39. The van der Waals surface area contributed by atoms with Crippen molar-refractivity contribution in [3.8, 4) is 0 Å². The van der Waals surface area contributed by atoms with E-state index in [1.54, 1.807) is 18.2 Å². The molecule has 1 aromatic heterocycles. The first-order chi connectivity index (χ1) is 7.77. The average Bonchev–Trinajstić information content (AvgIpc) is 2.56. The number of hydrogen-bond acceptors (Lipinski definition) is 3. The van der Waals surface area contributed by atoms with Gasteiger partial charge in [-0.25, -0.2) is 4.98 Å². The molecule has 0 saturated carbocycles. The Hall–Kier alpha value is -1.58. The van der Waals surface area contributed by atoms with Gasteiger partial charge in [-0.15, -0.1) is 0 Å². The quantitative estimate of drug-likeness (QED) is 0.781. The summed E-state index contributed by atoms with van der Waals surface area (Å²) in [5, 5.41) is 0. The number of nitrogen functional groups attached to an aromatic ring is 1. The molecular weight excluding hydrogens is 202 g/mol. The number of anilines is 1. The molecule has 0 bridgehead atoms. The summed E-state index contributed by atoms with van der Waals surface area (Å²) in [5.41, 5.74) is 6.04. The standard InChI is InChI=1S/C12H17N3O/c13-11-7-5-6-10(14-11)12(16)15-8-3-1-2-4-9-15/h5-7H,1-4,8-9H2,(H2,13,14). The van der Waals surface area contributed by atoms with Crippen LogP contribution >= 0.6 is 0 Å². The zero-order chi connectivity index (χ0) is 11.4. The molecule has 4 nitrogen and oxygen atoms in total. The van der Waals surface area contributed by atoms with Crippen LogP contribution in [-0.2, 0) is 0 Å². The second-order valence-electron chi connectivity index (χ2n) is 4.15. The van der Waals surface area contributed by atoms with E-state index in [9.17, 15) is 4.79 Å². The third kappa shape index (κ3) is 2.51. The van der Waals surface area contributed by atoms with E-state index in [1.807, 2.05) is 4.90 Å². The Morgan fingerprint density at radius 3 is 2.50 bits per heavy atom. The molecule has 0 unspecified atom stereocenters. The molecule has 4 heteroatoms. The van der Waals surface area contributed by atoms with Crippen molar-refractivity contribution in [3.63, 3.8) is 0 Å². The number of nitrogens with zero attached hydrogens (tertiary/aromatic N) is 2. The Labute approximate surface area is 95.5 Å². The lowest BCUT2D eigenvalue weighted by Gasteiger charge is -2.19. The molecule has 1 saturated heterocycles. The van der Waals surface area contributed by atoms with Crippen LogP contribution < -0.4 is 5.73 Å². The van der Waals surface area contributed by atoms with Crippen molar-refractivity contribution in [2.75, 3.05) is 18.8 Å². The molecule has 1 amide bonds. The van der Waals surface area contributed by atoms with Crippen LogP contribution in [0.5, 0.6) is 0 Å². The van der Waals surface area contributed by atoms with Crippen LogP contribution in [0.3, 0.4) is 0 Å². The molecule has 2 N–H and O–H groups in total. The van der Waals surface area contributed by atoms with E-state index in [0.29, 0.717) is 11.5 Å². The second kappa shape index (κ2) is 4.96. The highest BCUT2D eigenvalue weighted by molar-refractivity contribution is 5.92. The molecular formula is C12H17N3O. The second-order valence-corrected chi connectivity index (χ2v) is 4.15. The Morgan fingerprint density at radius 1 is 1.19 bits per heavy atom. The van der Waals surface area contributed by atoms with E-state index in [0.717, 1.165) is 25.9 Å². The first-order valence-electron chi connectivity index (χ1n) is 5.79. The van der Waals surface area contributed by atoms with Gasteiger partial charge in [0.05, 0.1) is 0 Å². The SMILES string of the molecule is Nc1cccc(C(=O)N2CCCCCC2)n1. The summed E-state index contributed by atoms with van der Waals surface area (Å²) in [6.45, 7) is 1.69. The fraction of sp³-hybridized carbons (Fsp3) is 0.500. The van der Waals surface area contributed by atoms with Crippen LogP contribution in [0.1, 0.15) is 36.2 Å². The largest absolute Gasteiger partial charge is 0.384 e. The molecule has 2 rings (SSSR count). The van der Waals surface area contributed by atoms with Crippen LogP contribution in [0.2, 0.25) is 0 Å². The van der Waals surface area contributed by atoms with Crippen molar-refractivity contribution in [1.29, 1.82) is 0 Å². The van der Waals surface area contributed by atoms with Crippen molar-refractivity contribution in [1.82, 2.24) is 9.88 Å². The Bertz CT molecular complexity index is 370. The lowest BCUT2D eigenvalue weighted by molar-refractivity contribution is 0.0756. The fourth-order valence-corrected chi connectivity index (χ4v) is 2.01. The fourth-order valence-electron chi connectivity index (χ4n) is 2.01. The molecule has 2 heterocycles.